The third kappa shape index (κ3) is 3.28. The number of methoxy groups -OCH3 is 4. The maximum Gasteiger partial charge on any atom is 0.343 e. The minimum atomic E-state index is -0.687. The summed E-state index contributed by atoms with van der Waals surface area (Å²) in [5.74, 6) is 1.01. The Bertz CT molecular complexity index is 888. The molecule has 0 N–H and O–H groups in total. The van der Waals surface area contributed by atoms with E-state index < -0.39 is 12.1 Å². The molecule has 1 atom stereocenters. The number of rotatable bonds is 7. The van der Waals surface area contributed by atoms with Crippen LogP contribution >= 0.6 is 0 Å². The summed E-state index contributed by atoms with van der Waals surface area (Å²) in [7, 11) is 5.97. The number of cyclic esters (lactones) is 1. The highest BCUT2D eigenvalue weighted by atomic mass is 16.6. The number of carbonyl (C=O) groups is 2. The summed E-state index contributed by atoms with van der Waals surface area (Å²) in [5, 5.41) is 0. The minimum absolute atomic E-state index is 0.00368. The predicted molar refractivity (Wildman–Crippen MR) is 96.2 cm³/mol. The number of esters is 1. The van der Waals surface area contributed by atoms with E-state index >= 15 is 0 Å². The van der Waals surface area contributed by atoms with Crippen LogP contribution in [0.5, 0.6) is 23.0 Å². The molecule has 142 valence electrons. The number of Topliss-reactive ketones (excluding diaryl/α,β-unsaturated/α-hetero) is 1. The van der Waals surface area contributed by atoms with Crippen molar-refractivity contribution < 1.29 is 33.3 Å². The number of hydrogen-bond donors (Lipinski definition) is 0. The van der Waals surface area contributed by atoms with Gasteiger partial charge in [0.2, 0.25) is 0 Å². The molecule has 0 bridgehead atoms. The lowest BCUT2D eigenvalue weighted by molar-refractivity contribution is 0.0365. The van der Waals surface area contributed by atoms with Crippen molar-refractivity contribution in [3.63, 3.8) is 0 Å². The first-order valence-corrected chi connectivity index (χ1v) is 8.25. The zero-order valence-corrected chi connectivity index (χ0v) is 15.5. The van der Waals surface area contributed by atoms with Crippen LogP contribution in [0.4, 0.5) is 0 Å². The Balaban J connectivity index is 1.88. The van der Waals surface area contributed by atoms with E-state index in [1.165, 1.54) is 28.4 Å². The number of ether oxygens (including phenoxy) is 5. The van der Waals surface area contributed by atoms with E-state index in [2.05, 4.69) is 0 Å². The first kappa shape index (κ1) is 18.6. The van der Waals surface area contributed by atoms with Crippen LogP contribution in [-0.4, -0.2) is 40.2 Å². The Morgan fingerprint density at radius 2 is 1.59 bits per heavy atom. The molecule has 0 aromatic heterocycles. The van der Waals surface area contributed by atoms with Gasteiger partial charge in [0.05, 0.1) is 34.9 Å². The Morgan fingerprint density at radius 3 is 2.22 bits per heavy atom. The maximum absolute atomic E-state index is 12.7. The van der Waals surface area contributed by atoms with Gasteiger partial charge >= 0.3 is 5.97 Å². The fourth-order valence-electron chi connectivity index (χ4n) is 3.12. The zero-order valence-electron chi connectivity index (χ0n) is 15.5. The summed E-state index contributed by atoms with van der Waals surface area (Å²) in [6.07, 6.45) is -0.683. The third-order valence-corrected chi connectivity index (χ3v) is 4.45. The van der Waals surface area contributed by atoms with Crippen molar-refractivity contribution in [2.24, 2.45) is 0 Å². The van der Waals surface area contributed by atoms with Crippen molar-refractivity contribution in [3.05, 3.63) is 47.0 Å². The fraction of sp³-hybridized carbons (Fsp3) is 0.300. The molecule has 2 aromatic carbocycles. The van der Waals surface area contributed by atoms with E-state index in [9.17, 15) is 9.59 Å². The first-order valence-electron chi connectivity index (χ1n) is 8.25. The van der Waals surface area contributed by atoms with Crippen molar-refractivity contribution in [1.82, 2.24) is 0 Å². The zero-order chi connectivity index (χ0) is 19.6. The van der Waals surface area contributed by atoms with Gasteiger partial charge in [-0.3, -0.25) is 4.79 Å². The van der Waals surface area contributed by atoms with E-state index in [1.807, 2.05) is 0 Å². The average Bonchev–Trinajstić information content (AvgIpc) is 3.01. The highest BCUT2D eigenvalue weighted by Crippen LogP contribution is 2.43. The van der Waals surface area contributed by atoms with Gasteiger partial charge in [-0.2, -0.15) is 0 Å². The van der Waals surface area contributed by atoms with Crippen LogP contribution in [0.15, 0.2) is 30.3 Å². The molecule has 1 aliphatic heterocycles. The molecule has 3 rings (SSSR count). The summed E-state index contributed by atoms with van der Waals surface area (Å²) in [4.78, 5) is 25.0. The Morgan fingerprint density at radius 1 is 0.926 bits per heavy atom. The molecule has 7 heteroatoms. The van der Waals surface area contributed by atoms with E-state index in [1.54, 1.807) is 30.3 Å². The number of ketones is 1. The number of fused-ring (bicyclic) bond motifs is 1. The highest BCUT2D eigenvalue weighted by molar-refractivity contribution is 6.01. The molecular formula is C20H20O7. The molecule has 2 aromatic rings. The Kier molecular flexibility index (Phi) is 5.21. The molecule has 0 saturated heterocycles. The summed E-state index contributed by atoms with van der Waals surface area (Å²) in [6.45, 7) is 0. The Labute approximate surface area is 156 Å². The topological polar surface area (TPSA) is 80.3 Å². The molecule has 1 heterocycles. The van der Waals surface area contributed by atoms with Crippen molar-refractivity contribution in [1.29, 1.82) is 0 Å². The monoisotopic (exact) mass is 372 g/mol. The quantitative estimate of drug-likeness (QED) is 0.545. The van der Waals surface area contributed by atoms with Gasteiger partial charge in [0, 0.05) is 11.1 Å². The molecule has 0 unspecified atom stereocenters. The number of benzene rings is 2. The minimum Gasteiger partial charge on any atom is -0.493 e. The van der Waals surface area contributed by atoms with Crippen LogP contribution in [0.1, 0.15) is 38.8 Å². The molecule has 27 heavy (non-hydrogen) atoms. The second-order valence-corrected chi connectivity index (χ2v) is 5.86. The van der Waals surface area contributed by atoms with E-state index in [-0.39, 0.29) is 12.2 Å². The van der Waals surface area contributed by atoms with Crippen LogP contribution in [0, 0.1) is 0 Å². The molecule has 0 spiro atoms. The highest BCUT2D eigenvalue weighted by Gasteiger charge is 2.37. The Hall–Kier alpha value is -3.22. The van der Waals surface area contributed by atoms with Gasteiger partial charge in [-0.15, -0.1) is 0 Å². The second-order valence-electron chi connectivity index (χ2n) is 5.86. The number of hydrogen-bond acceptors (Lipinski definition) is 7. The molecule has 7 nitrogen and oxygen atoms in total. The third-order valence-electron chi connectivity index (χ3n) is 4.45. The molecule has 0 aliphatic carbocycles. The van der Waals surface area contributed by atoms with Gasteiger partial charge < -0.3 is 23.7 Å². The van der Waals surface area contributed by atoms with Crippen LogP contribution in [0.25, 0.3) is 0 Å². The number of carbonyl (C=O) groups excluding carboxylic acids is 2. The summed E-state index contributed by atoms with van der Waals surface area (Å²) < 4.78 is 26.3. The van der Waals surface area contributed by atoms with Crippen molar-refractivity contribution in [2.45, 2.75) is 12.5 Å². The van der Waals surface area contributed by atoms with Crippen LogP contribution in [0.3, 0.4) is 0 Å². The van der Waals surface area contributed by atoms with Crippen molar-refractivity contribution in [2.75, 3.05) is 28.4 Å². The van der Waals surface area contributed by atoms with E-state index in [4.69, 9.17) is 23.7 Å². The smallest absolute Gasteiger partial charge is 0.343 e. The molecule has 0 saturated carbocycles. The molecule has 0 radical (unpaired) electrons. The second kappa shape index (κ2) is 7.57. The van der Waals surface area contributed by atoms with Crippen LogP contribution in [-0.2, 0) is 4.74 Å². The van der Waals surface area contributed by atoms with E-state index in [0.29, 0.717) is 39.7 Å². The first-order chi connectivity index (χ1) is 13.0. The molecule has 0 fully saturated rings. The lowest BCUT2D eigenvalue weighted by atomic mass is 9.97. The lowest BCUT2D eigenvalue weighted by Gasteiger charge is -2.13. The SMILES string of the molecule is COc1ccc(C(=O)C[C@@H]2OC(=O)c3c2ccc(OC)c3OC)cc1OC. The van der Waals surface area contributed by atoms with Gasteiger partial charge in [0.1, 0.15) is 11.7 Å². The van der Waals surface area contributed by atoms with Gasteiger partial charge in [-0.1, -0.05) is 6.07 Å². The van der Waals surface area contributed by atoms with Gasteiger partial charge in [0.25, 0.3) is 0 Å². The molecule has 0 amide bonds. The van der Waals surface area contributed by atoms with Crippen molar-refractivity contribution >= 4 is 11.8 Å². The van der Waals surface area contributed by atoms with Gasteiger partial charge in [-0.25, -0.2) is 4.79 Å². The van der Waals surface area contributed by atoms with Crippen molar-refractivity contribution in [3.8, 4) is 23.0 Å². The van der Waals surface area contributed by atoms with Gasteiger partial charge in [-0.05, 0) is 24.3 Å². The summed E-state index contributed by atoms with van der Waals surface area (Å²) in [6, 6.07) is 8.32. The average molecular weight is 372 g/mol. The van der Waals surface area contributed by atoms with Crippen LogP contribution < -0.4 is 18.9 Å². The maximum atomic E-state index is 12.7. The summed E-state index contributed by atoms with van der Waals surface area (Å²) >= 11 is 0. The fourth-order valence-corrected chi connectivity index (χ4v) is 3.12. The van der Waals surface area contributed by atoms with E-state index in [0.717, 1.165) is 0 Å². The summed E-state index contributed by atoms with van der Waals surface area (Å²) in [5.41, 5.74) is 1.34. The lowest BCUT2D eigenvalue weighted by Crippen LogP contribution is -2.08. The predicted octanol–water partition coefficient (Wildman–Crippen LogP) is 3.21. The normalized spacial score (nSPS) is 15.0. The van der Waals surface area contributed by atoms with Gasteiger partial charge in [0.15, 0.2) is 28.8 Å². The molecule has 1 aliphatic rings. The largest absolute Gasteiger partial charge is 0.493 e. The molecular weight excluding hydrogens is 352 g/mol. The van der Waals surface area contributed by atoms with Crippen LogP contribution in [0.2, 0.25) is 0 Å². The standard InChI is InChI=1S/C20H20O7/c1-23-14-7-5-11(9-17(14)25-3)13(21)10-16-12-6-8-15(24-2)19(26-4)18(12)20(22)27-16/h5-9,16H,10H2,1-4H3/t16-/m0/s1.